The molecular formula is C12H22BClN2O2Si. The van der Waals surface area contributed by atoms with Crippen molar-refractivity contribution in [3.63, 3.8) is 0 Å². The van der Waals surface area contributed by atoms with Gasteiger partial charge in [-0.1, -0.05) is 0 Å². The zero-order chi connectivity index (χ0) is 14.5. The molecule has 1 fully saturated rings. The largest absolute Gasteiger partial charge is 0.598 e. The summed E-state index contributed by atoms with van der Waals surface area (Å²) < 4.78 is 14.0. The zero-order valence-electron chi connectivity index (χ0n) is 12.5. The summed E-state index contributed by atoms with van der Waals surface area (Å²) in [6.45, 7) is 12.3. The van der Waals surface area contributed by atoms with Crippen molar-refractivity contribution >= 4 is 25.9 Å². The van der Waals surface area contributed by atoms with Gasteiger partial charge in [0, 0.05) is 24.8 Å². The third kappa shape index (κ3) is 2.86. The van der Waals surface area contributed by atoms with E-state index in [-0.39, 0.29) is 18.5 Å². The lowest BCUT2D eigenvalue weighted by molar-refractivity contribution is 0.00578. The van der Waals surface area contributed by atoms with Gasteiger partial charge in [0.15, 0.2) is 0 Å². The van der Waals surface area contributed by atoms with Crippen LogP contribution in [-0.4, -0.2) is 35.4 Å². The molecule has 0 aromatic heterocycles. The normalized spacial score (nSPS) is 25.3. The van der Waals surface area contributed by atoms with E-state index in [0.29, 0.717) is 0 Å². The Kier molecular flexibility index (Phi) is 3.58. The highest BCUT2D eigenvalue weighted by atomic mass is 35.6. The second-order valence-electron chi connectivity index (χ2n) is 6.42. The van der Waals surface area contributed by atoms with Crippen molar-refractivity contribution in [1.82, 2.24) is 9.38 Å². The maximum absolute atomic E-state index is 6.39. The molecule has 0 aromatic carbocycles. The second-order valence-corrected chi connectivity index (χ2v) is 12.5. The predicted octanol–water partition coefficient (Wildman–Crippen LogP) is 3.08. The first-order valence-electron chi connectivity index (χ1n) is 6.50. The van der Waals surface area contributed by atoms with E-state index < -0.39 is 7.55 Å². The summed E-state index contributed by atoms with van der Waals surface area (Å²) in [5.74, 6) is 0. The molecule has 2 rings (SSSR count). The first-order valence-corrected chi connectivity index (χ1v) is 10.5. The van der Waals surface area contributed by atoms with Crippen molar-refractivity contribution in [2.45, 2.75) is 52.0 Å². The molecule has 7 heteroatoms. The van der Waals surface area contributed by atoms with Gasteiger partial charge in [-0.2, -0.15) is 0 Å². The SMILES string of the molecule is CC1(C)OB(N2C=CN([Si](C)(C)Cl)C=C2)OC1(C)C. The van der Waals surface area contributed by atoms with Crippen molar-refractivity contribution < 1.29 is 9.31 Å². The Bertz CT molecular complexity index is 390. The highest BCUT2D eigenvalue weighted by Gasteiger charge is 2.53. The molecule has 0 N–H and O–H groups in total. The van der Waals surface area contributed by atoms with Gasteiger partial charge in [0.1, 0.15) is 0 Å². The first-order chi connectivity index (χ1) is 8.53. The smallest absolute Gasteiger partial charge is 0.384 e. The topological polar surface area (TPSA) is 24.9 Å². The summed E-state index contributed by atoms with van der Waals surface area (Å²) in [5, 5.41) is 0. The van der Waals surface area contributed by atoms with E-state index in [0.717, 1.165) is 0 Å². The molecule has 0 amide bonds. The maximum atomic E-state index is 6.39. The quantitative estimate of drug-likeness (QED) is 0.578. The van der Waals surface area contributed by atoms with Crippen LogP contribution in [-0.2, 0) is 9.31 Å². The molecule has 1 saturated heterocycles. The minimum absolute atomic E-state index is 0.322. The maximum Gasteiger partial charge on any atom is 0.598 e. The highest BCUT2D eigenvalue weighted by molar-refractivity contribution is 7.17. The van der Waals surface area contributed by atoms with Crippen LogP contribution < -0.4 is 0 Å². The van der Waals surface area contributed by atoms with E-state index in [1.165, 1.54) is 0 Å². The third-order valence-electron chi connectivity index (χ3n) is 3.90. The molecule has 4 nitrogen and oxygen atoms in total. The van der Waals surface area contributed by atoms with Crippen LogP contribution in [0.4, 0.5) is 0 Å². The lowest BCUT2D eigenvalue weighted by Gasteiger charge is -2.32. The Morgan fingerprint density at radius 2 is 1.37 bits per heavy atom. The molecule has 2 aliphatic rings. The monoisotopic (exact) mass is 300 g/mol. The van der Waals surface area contributed by atoms with Crippen LogP contribution in [0.25, 0.3) is 0 Å². The van der Waals surface area contributed by atoms with Crippen LogP contribution in [0.2, 0.25) is 13.1 Å². The fourth-order valence-corrected chi connectivity index (χ4v) is 3.01. The molecule has 0 radical (unpaired) electrons. The highest BCUT2D eigenvalue weighted by Crippen LogP contribution is 2.38. The van der Waals surface area contributed by atoms with Crippen LogP contribution >= 0.6 is 11.1 Å². The van der Waals surface area contributed by atoms with Crippen LogP contribution in [0.5, 0.6) is 0 Å². The summed E-state index contributed by atoms with van der Waals surface area (Å²) >= 11 is 6.39. The van der Waals surface area contributed by atoms with Crippen molar-refractivity contribution in [3.8, 4) is 0 Å². The van der Waals surface area contributed by atoms with E-state index in [1.54, 1.807) is 0 Å². The number of halogens is 1. The molecule has 0 spiro atoms. The Morgan fingerprint density at radius 1 is 0.947 bits per heavy atom. The average molecular weight is 301 g/mol. The molecule has 2 heterocycles. The number of nitrogens with zero attached hydrogens (tertiary/aromatic N) is 2. The van der Waals surface area contributed by atoms with E-state index in [9.17, 15) is 0 Å². The summed E-state index contributed by atoms with van der Waals surface area (Å²) in [5.41, 5.74) is -0.645. The molecule has 19 heavy (non-hydrogen) atoms. The van der Waals surface area contributed by atoms with Gasteiger partial charge in [0.25, 0.3) is 7.55 Å². The van der Waals surface area contributed by atoms with E-state index in [4.69, 9.17) is 20.4 Å². The van der Waals surface area contributed by atoms with Gasteiger partial charge in [-0.25, -0.2) is 0 Å². The van der Waals surface area contributed by atoms with Gasteiger partial charge in [0.2, 0.25) is 0 Å². The predicted molar refractivity (Wildman–Crippen MR) is 81.4 cm³/mol. The summed E-state index contributed by atoms with van der Waals surface area (Å²) in [6, 6.07) is 0. The minimum atomic E-state index is -1.86. The lowest BCUT2D eigenvalue weighted by Crippen LogP contribution is -2.41. The van der Waals surface area contributed by atoms with Gasteiger partial charge in [-0.3, -0.25) is 0 Å². The van der Waals surface area contributed by atoms with Gasteiger partial charge in [-0.15, -0.1) is 11.1 Å². The number of rotatable bonds is 2. The zero-order valence-corrected chi connectivity index (χ0v) is 14.2. The molecule has 0 aliphatic carbocycles. The molecule has 0 saturated carbocycles. The Hall–Kier alpha value is -0.428. The lowest BCUT2D eigenvalue weighted by atomic mass is 9.90. The number of hydrogen-bond donors (Lipinski definition) is 0. The van der Waals surface area contributed by atoms with Gasteiger partial charge in [0.05, 0.1) is 11.2 Å². The molecule has 0 aromatic rings. The van der Waals surface area contributed by atoms with Crippen molar-refractivity contribution in [2.75, 3.05) is 0 Å². The van der Waals surface area contributed by atoms with Crippen LogP contribution in [0.3, 0.4) is 0 Å². The first kappa shape index (κ1) is 15.0. The van der Waals surface area contributed by atoms with Crippen molar-refractivity contribution in [3.05, 3.63) is 24.8 Å². The molecular weight excluding hydrogens is 278 g/mol. The van der Waals surface area contributed by atoms with Crippen LogP contribution in [0.15, 0.2) is 24.8 Å². The van der Waals surface area contributed by atoms with Gasteiger partial charge >= 0.3 is 7.25 Å². The Morgan fingerprint density at radius 3 is 1.74 bits per heavy atom. The molecule has 0 bridgehead atoms. The number of hydrogen-bond acceptors (Lipinski definition) is 4. The average Bonchev–Trinajstić information content (AvgIpc) is 2.47. The van der Waals surface area contributed by atoms with Crippen molar-refractivity contribution in [2.24, 2.45) is 0 Å². The van der Waals surface area contributed by atoms with Gasteiger partial charge < -0.3 is 18.7 Å². The molecule has 0 unspecified atom stereocenters. The Balaban J connectivity index is 2.07. The van der Waals surface area contributed by atoms with E-state index >= 15 is 0 Å². The summed E-state index contributed by atoms with van der Waals surface area (Å²) in [7, 11) is -2.25. The molecule has 2 aliphatic heterocycles. The third-order valence-corrected chi connectivity index (χ3v) is 6.01. The molecule has 106 valence electrons. The second kappa shape index (κ2) is 4.55. The fraction of sp³-hybridized carbons (Fsp3) is 0.667. The fourth-order valence-electron chi connectivity index (χ4n) is 1.83. The van der Waals surface area contributed by atoms with Crippen LogP contribution in [0.1, 0.15) is 27.7 Å². The Labute approximate surface area is 121 Å². The van der Waals surface area contributed by atoms with Crippen LogP contribution in [0, 0.1) is 0 Å². The summed E-state index contributed by atoms with van der Waals surface area (Å²) in [4.78, 5) is 1.92. The van der Waals surface area contributed by atoms with Gasteiger partial charge in [-0.05, 0) is 40.8 Å². The minimum Gasteiger partial charge on any atom is -0.384 e. The van der Waals surface area contributed by atoms with E-state index in [1.807, 2.05) is 57.3 Å². The van der Waals surface area contributed by atoms with Crippen molar-refractivity contribution in [1.29, 1.82) is 0 Å². The standard InChI is InChI=1S/C12H22BClN2O2Si/c1-11(2)12(3,4)18-13(17-11)15-7-9-16(10-8-15)19(5,6)14/h7-10H,1-6H3. The molecule has 0 atom stereocenters. The van der Waals surface area contributed by atoms with E-state index in [2.05, 4.69) is 17.7 Å². The summed E-state index contributed by atoms with van der Waals surface area (Å²) in [6.07, 6.45) is 7.84.